The SMILES string of the molecule is C[C@@H](Nc1cc(N2CC[C@@H]2C(F)(F)F)ncn1)C(=O)N1C[C@H](OC(F)(F)F)[C@@H]1C. The Morgan fingerprint density at radius 1 is 1.28 bits per heavy atom. The Hall–Kier alpha value is -2.31. The van der Waals surface area contributed by atoms with Gasteiger partial charge in [0.2, 0.25) is 5.91 Å². The molecule has 0 unspecified atom stereocenters. The molecule has 162 valence electrons. The van der Waals surface area contributed by atoms with Crippen molar-refractivity contribution >= 4 is 17.5 Å². The molecule has 4 atom stereocenters. The van der Waals surface area contributed by atoms with Crippen LogP contribution in [0.1, 0.15) is 20.3 Å². The largest absolute Gasteiger partial charge is 0.522 e. The molecule has 0 saturated carbocycles. The molecule has 1 aromatic rings. The lowest BCUT2D eigenvalue weighted by atomic mass is 10.00. The highest BCUT2D eigenvalue weighted by molar-refractivity contribution is 5.85. The number of nitrogens with zero attached hydrogens (tertiary/aromatic N) is 4. The molecule has 29 heavy (non-hydrogen) atoms. The quantitative estimate of drug-likeness (QED) is 0.729. The lowest BCUT2D eigenvalue weighted by Gasteiger charge is -2.46. The van der Waals surface area contributed by atoms with E-state index in [4.69, 9.17) is 0 Å². The normalized spacial score (nSPS) is 25.9. The van der Waals surface area contributed by atoms with Gasteiger partial charge in [0, 0.05) is 19.2 Å². The van der Waals surface area contributed by atoms with E-state index in [0.717, 1.165) is 11.2 Å². The maximum absolute atomic E-state index is 12.9. The fraction of sp³-hybridized carbons (Fsp3) is 0.688. The number of alkyl halides is 6. The topological polar surface area (TPSA) is 70.6 Å². The molecule has 13 heteroatoms. The van der Waals surface area contributed by atoms with Crippen molar-refractivity contribution in [1.82, 2.24) is 14.9 Å². The number of aromatic nitrogens is 2. The summed E-state index contributed by atoms with van der Waals surface area (Å²) in [6.45, 7) is 2.91. The van der Waals surface area contributed by atoms with Gasteiger partial charge < -0.3 is 15.1 Å². The molecule has 0 bridgehead atoms. The van der Waals surface area contributed by atoms with Crippen LogP contribution in [0.15, 0.2) is 12.4 Å². The van der Waals surface area contributed by atoms with Gasteiger partial charge >= 0.3 is 12.5 Å². The molecule has 1 amide bonds. The van der Waals surface area contributed by atoms with Crippen LogP contribution in [0.25, 0.3) is 0 Å². The van der Waals surface area contributed by atoms with Crippen molar-refractivity contribution in [3.8, 4) is 0 Å². The first-order valence-corrected chi connectivity index (χ1v) is 8.84. The zero-order chi connectivity index (χ0) is 21.6. The summed E-state index contributed by atoms with van der Waals surface area (Å²) in [5.41, 5.74) is 0. The van der Waals surface area contributed by atoms with Crippen LogP contribution in [0.5, 0.6) is 0 Å². The fourth-order valence-electron chi connectivity index (χ4n) is 3.29. The summed E-state index contributed by atoms with van der Waals surface area (Å²) in [6, 6.07) is -1.93. The van der Waals surface area contributed by atoms with Crippen molar-refractivity contribution in [2.24, 2.45) is 0 Å². The predicted molar refractivity (Wildman–Crippen MR) is 89.0 cm³/mol. The van der Waals surface area contributed by atoms with Gasteiger partial charge in [-0.3, -0.25) is 9.53 Å². The molecule has 1 aromatic heterocycles. The summed E-state index contributed by atoms with van der Waals surface area (Å²) >= 11 is 0. The second-order valence-electron chi connectivity index (χ2n) is 7.00. The minimum atomic E-state index is -4.78. The smallest absolute Gasteiger partial charge is 0.358 e. The summed E-state index contributed by atoms with van der Waals surface area (Å²) in [6.07, 6.45) is -9.23. The highest BCUT2D eigenvalue weighted by Gasteiger charge is 2.49. The van der Waals surface area contributed by atoms with Crippen LogP contribution in [-0.2, 0) is 9.53 Å². The molecule has 0 aromatic carbocycles. The summed E-state index contributed by atoms with van der Waals surface area (Å²) in [4.78, 5) is 22.5. The van der Waals surface area contributed by atoms with Crippen molar-refractivity contribution in [3.63, 3.8) is 0 Å². The Morgan fingerprint density at radius 2 is 1.97 bits per heavy atom. The molecule has 2 fully saturated rings. The molecular formula is C16H19F6N5O2. The standard InChI is InChI=1S/C16H19F6N5O2/c1-8(14(28)27-6-10(9(27)2)29-16(20,21)22)25-12-5-13(24-7-23-12)26-4-3-11(26)15(17,18)19/h5,7-11H,3-4,6H2,1-2H3,(H,23,24,25)/t8-,9+,10+,11-/m1/s1. The van der Waals surface area contributed by atoms with Crippen LogP contribution < -0.4 is 10.2 Å². The maximum atomic E-state index is 12.9. The first-order valence-electron chi connectivity index (χ1n) is 8.84. The summed E-state index contributed by atoms with van der Waals surface area (Å²) in [5, 5.41) is 2.76. The molecule has 3 heterocycles. The Kier molecular flexibility index (Phi) is 5.54. The lowest BCUT2D eigenvalue weighted by molar-refractivity contribution is -0.359. The van der Waals surface area contributed by atoms with E-state index in [0.29, 0.717) is 0 Å². The third-order valence-electron chi connectivity index (χ3n) is 5.05. The van der Waals surface area contributed by atoms with Gasteiger partial charge in [-0.05, 0) is 20.3 Å². The number of halogens is 6. The minimum absolute atomic E-state index is 0.0286. The molecule has 0 radical (unpaired) electrons. The van der Waals surface area contributed by atoms with E-state index >= 15 is 0 Å². The molecule has 0 spiro atoms. The molecule has 1 N–H and O–H groups in total. The van der Waals surface area contributed by atoms with Gasteiger partial charge in [0.1, 0.15) is 36.2 Å². The number of hydrogen-bond donors (Lipinski definition) is 1. The lowest BCUT2D eigenvalue weighted by Crippen LogP contribution is -2.64. The summed E-state index contributed by atoms with van der Waals surface area (Å²) in [5.74, 6) is -0.261. The van der Waals surface area contributed by atoms with Gasteiger partial charge in [0.05, 0.1) is 6.04 Å². The van der Waals surface area contributed by atoms with E-state index < -0.39 is 42.7 Å². The van der Waals surface area contributed by atoms with E-state index in [1.807, 2.05) is 0 Å². The Balaban J connectivity index is 1.59. The second-order valence-corrected chi connectivity index (χ2v) is 7.00. The predicted octanol–water partition coefficient (Wildman–Crippen LogP) is 2.55. The zero-order valence-electron chi connectivity index (χ0n) is 15.5. The van der Waals surface area contributed by atoms with Crippen LogP contribution >= 0.6 is 0 Å². The van der Waals surface area contributed by atoms with Gasteiger partial charge in [0.25, 0.3) is 0 Å². The molecule has 2 saturated heterocycles. The number of anilines is 2. The van der Waals surface area contributed by atoms with Crippen LogP contribution in [0.2, 0.25) is 0 Å². The maximum Gasteiger partial charge on any atom is 0.522 e. The average Bonchev–Trinajstić information content (AvgIpc) is 2.54. The monoisotopic (exact) mass is 427 g/mol. The van der Waals surface area contributed by atoms with E-state index in [1.165, 1.54) is 24.8 Å². The minimum Gasteiger partial charge on any atom is -0.358 e. The number of rotatable bonds is 5. The van der Waals surface area contributed by atoms with E-state index in [1.54, 1.807) is 0 Å². The molecule has 7 nitrogen and oxygen atoms in total. The van der Waals surface area contributed by atoms with Crippen LogP contribution in [0.3, 0.4) is 0 Å². The third kappa shape index (κ3) is 4.65. The first kappa shape index (κ1) is 21.4. The van der Waals surface area contributed by atoms with Crippen LogP contribution in [0, 0.1) is 0 Å². The number of carbonyl (C=O) groups excluding carboxylic acids is 1. The van der Waals surface area contributed by atoms with E-state index in [2.05, 4.69) is 20.0 Å². The Morgan fingerprint density at radius 3 is 2.48 bits per heavy atom. The number of carbonyl (C=O) groups is 1. The van der Waals surface area contributed by atoms with Crippen molar-refractivity contribution in [2.75, 3.05) is 23.3 Å². The highest BCUT2D eigenvalue weighted by Crippen LogP contribution is 2.36. The summed E-state index contributed by atoms with van der Waals surface area (Å²) < 4.78 is 79.6. The first-order chi connectivity index (χ1) is 13.4. The summed E-state index contributed by atoms with van der Waals surface area (Å²) in [7, 11) is 0. The van der Waals surface area contributed by atoms with Crippen molar-refractivity contribution in [1.29, 1.82) is 0 Å². The number of nitrogens with one attached hydrogen (secondary N) is 1. The second kappa shape index (κ2) is 7.50. The fourth-order valence-corrected chi connectivity index (χ4v) is 3.29. The van der Waals surface area contributed by atoms with Crippen molar-refractivity contribution in [2.45, 2.75) is 57.0 Å². The van der Waals surface area contributed by atoms with Gasteiger partial charge in [-0.25, -0.2) is 9.97 Å². The molecule has 0 aliphatic carbocycles. The van der Waals surface area contributed by atoms with Crippen LogP contribution in [0.4, 0.5) is 38.0 Å². The Bertz CT molecular complexity index is 758. The van der Waals surface area contributed by atoms with Crippen molar-refractivity contribution in [3.05, 3.63) is 12.4 Å². The van der Waals surface area contributed by atoms with E-state index in [9.17, 15) is 31.1 Å². The molecular weight excluding hydrogens is 408 g/mol. The van der Waals surface area contributed by atoms with Gasteiger partial charge in [-0.1, -0.05) is 0 Å². The van der Waals surface area contributed by atoms with E-state index in [-0.39, 0.29) is 31.1 Å². The number of hydrogen-bond acceptors (Lipinski definition) is 6. The van der Waals surface area contributed by atoms with Gasteiger partial charge in [-0.15, -0.1) is 13.2 Å². The molecule has 3 rings (SSSR count). The van der Waals surface area contributed by atoms with Gasteiger partial charge in [-0.2, -0.15) is 13.2 Å². The Labute approximate surface area is 162 Å². The van der Waals surface area contributed by atoms with Crippen molar-refractivity contribution < 1.29 is 35.9 Å². The third-order valence-corrected chi connectivity index (χ3v) is 5.05. The number of ether oxygens (including phenoxy) is 1. The number of likely N-dealkylation sites (tertiary alicyclic amines) is 1. The highest BCUT2D eigenvalue weighted by atomic mass is 19.4. The average molecular weight is 427 g/mol. The zero-order valence-corrected chi connectivity index (χ0v) is 15.5. The van der Waals surface area contributed by atoms with Crippen LogP contribution in [-0.4, -0.2) is 70.6 Å². The van der Waals surface area contributed by atoms with Gasteiger partial charge in [0.15, 0.2) is 0 Å². The molecule has 2 aliphatic rings. The number of amides is 1. The molecule has 2 aliphatic heterocycles.